The first-order valence-electron chi connectivity index (χ1n) is 13.3. The van der Waals surface area contributed by atoms with Crippen LogP contribution < -0.4 is 20.1 Å². The van der Waals surface area contributed by atoms with Crippen molar-refractivity contribution in [3.05, 3.63) is 54.8 Å². The summed E-state index contributed by atoms with van der Waals surface area (Å²) in [6.45, 7) is 7.02. The number of aromatic nitrogens is 2. The molecule has 3 heterocycles. The van der Waals surface area contributed by atoms with Crippen molar-refractivity contribution in [2.45, 2.75) is 70.6 Å². The Balaban J connectivity index is 1.32. The van der Waals surface area contributed by atoms with E-state index in [-0.39, 0.29) is 11.9 Å². The number of imidazole rings is 1. The molecule has 2 N–H and O–H groups in total. The molecular formula is C28H40N6O3. The first-order valence-corrected chi connectivity index (χ1v) is 13.3. The highest BCUT2D eigenvalue weighted by Crippen LogP contribution is 2.31. The third-order valence-electron chi connectivity index (χ3n) is 7.07. The molecule has 4 rings (SSSR count). The summed E-state index contributed by atoms with van der Waals surface area (Å²) in [6, 6.07) is 6.08. The molecule has 1 aromatic carbocycles. The van der Waals surface area contributed by atoms with Crippen molar-refractivity contribution in [3.8, 4) is 11.5 Å². The number of hydrogen-bond acceptors (Lipinski definition) is 7. The zero-order valence-corrected chi connectivity index (χ0v) is 22.3. The number of amides is 1. The van der Waals surface area contributed by atoms with Crippen molar-refractivity contribution in [1.82, 2.24) is 25.1 Å². The SMILES string of the molecule is CCOc1cc(CCNC(=O)CC2CCCCN2C2(C)C=CNC(CCn3ccnc3)=N2)ccc1OC. The van der Waals surface area contributed by atoms with Gasteiger partial charge in [0.25, 0.3) is 0 Å². The van der Waals surface area contributed by atoms with Crippen LogP contribution in [0.15, 0.2) is 54.2 Å². The number of benzene rings is 1. The summed E-state index contributed by atoms with van der Waals surface area (Å²) in [4.78, 5) is 24.6. The third kappa shape index (κ3) is 7.13. The van der Waals surface area contributed by atoms with Crippen LogP contribution in [0.25, 0.3) is 0 Å². The molecule has 200 valence electrons. The maximum absolute atomic E-state index is 12.9. The van der Waals surface area contributed by atoms with Crippen LogP contribution in [0.5, 0.6) is 11.5 Å². The minimum Gasteiger partial charge on any atom is -0.493 e. The van der Waals surface area contributed by atoms with Gasteiger partial charge in [-0.15, -0.1) is 0 Å². The third-order valence-corrected chi connectivity index (χ3v) is 7.07. The summed E-state index contributed by atoms with van der Waals surface area (Å²) in [7, 11) is 1.64. The van der Waals surface area contributed by atoms with Gasteiger partial charge in [0.15, 0.2) is 11.5 Å². The molecule has 1 amide bonds. The number of methoxy groups -OCH3 is 1. The number of hydrogen-bond donors (Lipinski definition) is 2. The van der Waals surface area contributed by atoms with Gasteiger partial charge in [0, 0.05) is 57.1 Å². The van der Waals surface area contributed by atoms with Gasteiger partial charge in [0.05, 0.1) is 20.0 Å². The van der Waals surface area contributed by atoms with Crippen LogP contribution in [-0.2, 0) is 17.8 Å². The van der Waals surface area contributed by atoms with E-state index in [1.54, 1.807) is 13.3 Å². The molecule has 2 atom stereocenters. The molecule has 2 aromatic rings. The maximum Gasteiger partial charge on any atom is 0.221 e. The normalized spacial score (nSPS) is 21.7. The first kappa shape index (κ1) is 26.7. The van der Waals surface area contributed by atoms with Gasteiger partial charge in [0.1, 0.15) is 11.5 Å². The predicted molar refractivity (Wildman–Crippen MR) is 145 cm³/mol. The molecule has 2 aliphatic heterocycles. The van der Waals surface area contributed by atoms with E-state index in [0.29, 0.717) is 19.6 Å². The topological polar surface area (TPSA) is 93.0 Å². The van der Waals surface area contributed by atoms with Crippen LogP contribution in [0.4, 0.5) is 0 Å². The number of nitrogens with zero attached hydrogens (tertiary/aromatic N) is 4. The Hall–Kier alpha value is -3.33. The Morgan fingerprint density at radius 2 is 2.16 bits per heavy atom. The zero-order valence-electron chi connectivity index (χ0n) is 22.3. The lowest BCUT2D eigenvalue weighted by molar-refractivity contribution is -0.123. The number of aliphatic imine (C=N–C) groups is 1. The standard InChI is InChI=1S/C28H40N6O3/c1-4-37-25-19-22(8-9-24(25)36-3)10-13-31-27(35)20-23-7-5-6-16-34(23)28(2)12-14-30-26(32-28)11-17-33-18-15-29-21-33/h8-9,12,14-15,18-19,21,23H,4-7,10-11,13,16-17,20H2,1-3H3,(H,30,32)(H,31,35). The highest BCUT2D eigenvalue weighted by atomic mass is 16.5. The van der Waals surface area contributed by atoms with Gasteiger partial charge in [-0.25, -0.2) is 9.98 Å². The summed E-state index contributed by atoms with van der Waals surface area (Å²) in [6.07, 6.45) is 14.9. The molecular weight excluding hydrogens is 468 g/mol. The van der Waals surface area contributed by atoms with E-state index in [1.807, 2.05) is 43.8 Å². The fraction of sp³-hybridized carbons (Fsp3) is 0.536. The second kappa shape index (κ2) is 12.8. The highest BCUT2D eigenvalue weighted by molar-refractivity contribution is 5.84. The maximum atomic E-state index is 12.9. The van der Waals surface area contributed by atoms with Gasteiger partial charge >= 0.3 is 0 Å². The lowest BCUT2D eigenvalue weighted by Crippen LogP contribution is -2.55. The fourth-order valence-electron chi connectivity index (χ4n) is 5.17. The van der Waals surface area contributed by atoms with Crippen LogP contribution in [0.3, 0.4) is 0 Å². The number of carbonyl (C=O) groups excluding carboxylic acids is 1. The molecule has 1 aromatic heterocycles. The smallest absolute Gasteiger partial charge is 0.221 e. The molecule has 9 nitrogen and oxygen atoms in total. The van der Waals surface area contributed by atoms with E-state index < -0.39 is 5.66 Å². The summed E-state index contributed by atoms with van der Waals surface area (Å²) >= 11 is 0. The van der Waals surface area contributed by atoms with Crippen molar-refractivity contribution in [2.75, 3.05) is 26.8 Å². The molecule has 1 fully saturated rings. The quantitative estimate of drug-likeness (QED) is 0.456. The Morgan fingerprint density at radius 3 is 2.95 bits per heavy atom. The van der Waals surface area contributed by atoms with Crippen LogP contribution in [0.2, 0.25) is 0 Å². The predicted octanol–water partition coefficient (Wildman–Crippen LogP) is 3.52. The lowest BCUT2D eigenvalue weighted by atomic mass is 9.94. The summed E-state index contributed by atoms with van der Waals surface area (Å²) < 4.78 is 13.1. The second-order valence-corrected chi connectivity index (χ2v) is 9.75. The molecule has 0 bridgehead atoms. The molecule has 0 spiro atoms. The van der Waals surface area contributed by atoms with Gasteiger partial charge in [-0.05, 0) is 56.9 Å². The average molecular weight is 509 g/mol. The molecule has 1 saturated heterocycles. The van der Waals surface area contributed by atoms with Gasteiger partial charge < -0.3 is 24.7 Å². The number of rotatable bonds is 12. The molecule has 2 unspecified atom stereocenters. The fourth-order valence-corrected chi connectivity index (χ4v) is 5.17. The number of carbonyl (C=O) groups is 1. The average Bonchev–Trinajstić information content (AvgIpc) is 3.42. The van der Waals surface area contributed by atoms with Crippen molar-refractivity contribution in [2.24, 2.45) is 4.99 Å². The van der Waals surface area contributed by atoms with Gasteiger partial charge in [-0.1, -0.05) is 12.5 Å². The van der Waals surface area contributed by atoms with E-state index in [9.17, 15) is 4.79 Å². The Kier molecular flexibility index (Phi) is 9.22. The number of likely N-dealkylation sites (tertiary alicyclic amines) is 1. The van der Waals surface area contributed by atoms with E-state index in [1.165, 1.54) is 0 Å². The molecule has 0 radical (unpaired) electrons. The van der Waals surface area contributed by atoms with E-state index >= 15 is 0 Å². The van der Waals surface area contributed by atoms with Crippen molar-refractivity contribution in [3.63, 3.8) is 0 Å². The first-order chi connectivity index (χ1) is 18.0. The van der Waals surface area contributed by atoms with E-state index in [0.717, 1.165) is 68.1 Å². The number of nitrogens with one attached hydrogen (secondary N) is 2. The molecule has 2 aliphatic rings. The van der Waals surface area contributed by atoms with Crippen molar-refractivity contribution in [1.29, 1.82) is 0 Å². The highest BCUT2D eigenvalue weighted by Gasteiger charge is 2.38. The van der Waals surface area contributed by atoms with Gasteiger partial charge in [-0.2, -0.15) is 0 Å². The van der Waals surface area contributed by atoms with Gasteiger partial charge in [0.2, 0.25) is 5.91 Å². The van der Waals surface area contributed by atoms with Crippen molar-refractivity contribution < 1.29 is 14.3 Å². The van der Waals surface area contributed by atoms with Crippen LogP contribution >= 0.6 is 0 Å². The lowest BCUT2D eigenvalue weighted by Gasteiger charge is -2.45. The molecule has 37 heavy (non-hydrogen) atoms. The minimum absolute atomic E-state index is 0.0845. The van der Waals surface area contributed by atoms with Crippen LogP contribution in [-0.4, -0.2) is 64.7 Å². The number of amidine groups is 1. The monoisotopic (exact) mass is 508 g/mol. The summed E-state index contributed by atoms with van der Waals surface area (Å²) in [5.74, 6) is 2.50. The Bertz CT molecular complexity index is 1080. The molecule has 0 aliphatic carbocycles. The van der Waals surface area contributed by atoms with Gasteiger partial charge in [-0.3, -0.25) is 9.69 Å². The van der Waals surface area contributed by atoms with Crippen molar-refractivity contribution >= 4 is 11.7 Å². The zero-order chi connectivity index (χ0) is 26.1. The number of ether oxygens (including phenoxy) is 2. The summed E-state index contributed by atoms with van der Waals surface area (Å²) in [5.41, 5.74) is 0.647. The summed E-state index contributed by atoms with van der Waals surface area (Å²) in [5, 5.41) is 6.43. The second-order valence-electron chi connectivity index (χ2n) is 9.75. The van der Waals surface area contributed by atoms with E-state index in [4.69, 9.17) is 14.5 Å². The molecule has 0 saturated carbocycles. The number of piperidine rings is 1. The van der Waals surface area contributed by atoms with Crippen LogP contribution in [0.1, 0.15) is 51.5 Å². The Morgan fingerprint density at radius 1 is 1.27 bits per heavy atom. The van der Waals surface area contributed by atoms with E-state index in [2.05, 4.69) is 38.1 Å². The number of aryl methyl sites for hydroxylation is 1. The minimum atomic E-state index is -0.459. The largest absolute Gasteiger partial charge is 0.493 e. The molecule has 9 heteroatoms. The Labute approximate surface area is 220 Å². The van der Waals surface area contributed by atoms with Crippen LogP contribution in [0, 0.1) is 0 Å².